The fourth-order valence-electron chi connectivity index (χ4n) is 3.86. The Kier molecular flexibility index (Phi) is 8.15. The quantitative estimate of drug-likeness (QED) is 0.153. The van der Waals surface area contributed by atoms with Crippen LogP contribution in [0.2, 0.25) is 0 Å². The molecule has 39 heavy (non-hydrogen) atoms. The summed E-state index contributed by atoms with van der Waals surface area (Å²) in [5.74, 6) is 1.67. The van der Waals surface area contributed by atoms with Gasteiger partial charge in [-0.3, -0.25) is 3.63 Å². The van der Waals surface area contributed by atoms with Gasteiger partial charge in [0.1, 0.15) is 22.1 Å². The zero-order valence-corrected chi connectivity index (χ0v) is 22.8. The molecule has 0 saturated heterocycles. The number of rotatable bonds is 9. The summed E-state index contributed by atoms with van der Waals surface area (Å²) in [5.41, 5.74) is -0.958. The Hall–Kier alpha value is -3.67. The van der Waals surface area contributed by atoms with Gasteiger partial charge in [0.15, 0.2) is 0 Å². The Bertz CT molecular complexity index is 1390. The van der Waals surface area contributed by atoms with E-state index in [9.17, 15) is 21.6 Å². The molecule has 206 valence electrons. The van der Waals surface area contributed by atoms with Crippen LogP contribution in [0.5, 0.6) is 17.2 Å². The number of methoxy groups -OCH3 is 3. The fraction of sp³-hybridized carbons (Fsp3) is 0.143. The highest BCUT2D eigenvalue weighted by Gasteiger charge is 2.44. The van der Waals surface area contributed by atoms with Gasteiger partial charge in [-0.05, 0) is 97.1 Å². The molecule has 4 aromatic rings. The zero-order valence-electron chi connectivity index (χ0n) is 21.2. The molecule has 0 unspecified atom stereocenters. The van der Waals surface area contributed by atoms with Crippen LogP contribution in [0.1, 0.15) is 5.56 Å². The largest absolute Gasteiger partial charge is 0.497 e. The predicted molar refractivity (Wildman–Crippen MR) is 143 cm³/mol. The Morgan fingerprint density at radius 2 is 0.846 bits per heavy atom. The smallest absolute Gasteiger partial charge is 0.422 e. The van der Waals surface area contributed by atoms with Gasteiger partial charge < -0.3 is 14.2 Å². The molecule has 0 atom stereocenters. The van der Waals surface area contributed by atoms with Crippen LogP contribution in [0.4, 0.5) is 13.2 Å². The molecule has 4 rings (SSSR count). The summed E-state index contributed by atoms with van der Waals surface area (Å²) in [7, 11) is -2.83. The predicted octanol–water partition coefficient (Wildman–Crippen LogP) is 7.41. The third kappa shape index (κ3) is 5.85. The molecule has 0 aliphatic carbocycles. The van der Waals surface area contributed by atoms with E-state index in [1.165, 1.54) is 21.3 Å². The van der Waals surface area contributed by atoms with Crippen LogP contribution in [0.3, 0.4) is 0 Å². The van der Waals surface area contributed by atoms with E-state index in [1.54, 1.807) is 72.8 Å². The molecule has 0 radical (unpaired) electrons. The lowest BCUT2D eigenvalue weighted by atomic mass is 10.2. The average molecular weight is 580 g/mol. The number of benzene rings is 4. The zero-order chi connectivity index (χ0) is 28.3. The van der Waals surface area contributed by atoms with Gasteiger partial charge in [-0.25, -0.2) is 0 Å². The summed E-state index contributed by atoms with van der Waals surface area (Å²) in [6, 6.07) is 23.9. The van der Waals surface area contributed by atoms with Crippen LogP contribution in [-0.4, -0.2) is 33.4 Å². The van der Waals surface area contributed by atoms with E-state index >= 15 is 0 Å². The van der Waals surface area contributed by atoms with E-state index in [4.69, 9.17) is 14.2 Å². The maximum absolute atomic E-state index is 13.8. The first kappa shape index (κ1) is 28.3. The lowest BCUT2D eigenvalue weighted by Gasteiger charge is -2.35. The van der Waals surface area contributed by atoms with Gasteiger partial charge in [0.25, 0.3) is 0 Å². The third-order valence-electron chi connectivity index (χ3n) is 5.89. The van der Waals surface area contributed by atoms with Crippen LogP contribution in [0, 0.1) is 0 Å². The van der Waals surface area contributed by atoms with Crippen molar-refractivity contribution in [1.29, 1.82) is 0 Å². The number of hydrogen-bond donors (Lipinski definition) is 0. The van der Waals surface area contributed by atoms with Gasteiger partial charge in [-0.2, -0.15) is 13.2 Å². The molecule has 0 spiro atoms. The van der Waals surface area contributed by atoms with Crippen molar-refractivity contribution in [2.45, 2.75) is 25.8 Å². The van der Waals surface area contributed by atoms with Gasteiger partial charge in [0.05, 0.1) is 51.9 Å². The highest BCUT2D eigenvalue weighted by Crippen LogP contribution is 2.69. The third-order valence-corrected chi connectivity index (χ3v) is 11.3. The Morgan fingerprint density at radius 1 is 0.538 bits per heavy atom. The van der Waals surface area contributed by atoms with Gasteiger partial charge in [0.2, 0.25) is 0 Å². The van der Waals surface area contributed by atoms with Crippen LogP contribution in [0.15, 0.2) is 117 Å². The molecule has 0 fully saturated rings. The topological polar surface area (TPSA) is 74.6 Å². The molecule has 6 nitrogen and oxygen atoms in total. The summed E-state index contributed by atoms with van der Waals surface area (Å²) < 4.78 is 87.4. The van der Waals surface area contributed by atoms with Gasteiger partial charge >= 0.3 is 16.3 Å². The molecule has 1 N–H and O–H groups in total. The summed E-state index contributed by atoms with van der Waals surface area (Å²) >= 11 is 0. The molecular formula is C28H26F3O6S2+. The first-order valence-electron chi connectivity index (χ1n) is 11.5. The summed E-state index contributed by atoms with van der Waals surface area (Å²) in [5, 5.41) is 0. The fourth-order valence-corrected chi connectivity index (χ4v) is 9.30. The Labute approximate surface area is 226 Å². The van der Waals surface area contributed by atoms with Crippen molar-refractivity contribution in [3.05, 3.63) is 103 Å². The van der Waals surface area contributed by atoms with E-state index in [1.807, 2.05) is 0 Å². The Balaban J connectivity index is 1.97. The van der Waals surface area contributed by atoms with E-state index in [2.05, 4.69) is 3.63 Å². The first-order chi connectivity index (χ1) is 18.5. The number of halogens is 3. The molecular weight excluding hydrogens is 553 g/mol. The lowest BCUT2D eigenvalue weighted by molar-refractivity contribution is -0.137. The molecule has 0 saturated carbocycles. The first-order valence-corrected chi connectivity index (χ1v) is 14.5. The molecule has 0 aliphatic heterocycles. The minimum Gasteiger partial charge on any atom is -0.497 e. The van der Waals surface area contributed by atoms with Crippen molar-refractivity contribution in [3.8, 4) is 17.2 Å². The second-order valence-corrected chi connectivity index (χ2v) is 12.8. The monoisotopic (exact) mass is 579 g/mol. The summed E-state index contributed by atoms with van der Waals surface area (Å²) in [6.07, 6.45) is -4.61. The van der Waals surface area contributed by atoms with Crippen molar-refractivity contribution in [3.63, 3.8) is 0 Å². The minimum absolute atomic E-state index is 0.358. The molecule has 4 aromatic carbocycles. The van der Waals surface area contributed by atoms with E-state index in [-0.39, 0.29) is 4.90 Å². The van der Waals surface area contributed by atoms with Crippen molar-refractivity contribution in [2.75, 3.05) is 21.3 Å². The minimum atomic E-state index is -4.61. The maximum Gasteiger partial charge on any atom is 0.422 e. The Morgan fingerprint density at radius 3 is 1.13 bits per heavy atom. The number of alkyl halides is 3. The highest BCUT2D eigenvalue weighted by molar-refractivity contribution is 8.32. The van der Waals surface area contributed by atoms with Gasteiger partial charge in [0, 0.05) is 0 Å². The van der Waals surface area contributed by atoms with E-state index < -0.39 is 32.2 Å². The lowest BCUT2D eigenvalue weighted by Crippen LogP contribution is -2.19. The maximum atomic E-state index is 13.8. The molecule has 0 bridgehead atoms. The van der Waals surface area contributed by atoms with Crippen molar-refractivity contribution < 1.29 is 39.4 Å². The van der Waals surface area contributed by atoms with Crippen LogP contribution >= 0.6 is 10.3 Å². The molecule has 0 aliphatic rings. The van der Waals surface area contributed by atoms with Crippen molar-refractivity contribution in [1.82, 2.24) is 0 Å². The SMILES string of the molecule is COc1ccc(S([OH+]S(=O)(=O)c2ccc(C(F)(F)F)cc2)(c2ccc(OC)cc2)c2ccc(OC)cc2)cc1. The average Bonchev–Trinajstić information content (AvgIpc) is 2.96. The molecule has 0 aromatic heterocycles. The molecule has 0 heterocycles. The summed E-state index contributed by atoms with van der Waals surface area (Å²) in [4.78, 5) is 1.33. The van der Waals surface area contributed by atoms with Gasteiger partial charge in [-0.15, -0.1) is 8.42 Å². The molecule has 0 amide bonds. The van der Waals surface area contributed by atoms with E-state index in [0.29, 0.717) is 31.9 Å². The normalized spacial score (nSPS) is 12.6. The number of hydrogen-bond acceptors (Lipinski definition) is 5. The second-order valence-electron chi connectivity index (χ2n) is 8.18. The highest BCUT2D eigenvalue weighted by atomic mass is 32.3. The van der Waals surface area contributed by atoms with E-state index in [0.717, 1.165) is 24.3 Å². The number of ether oxygens (including phenoxy) is 3. The molecule has 11 heteroatoms. The standard InChI is InChI=1S/C28H25F3O6S2/c1-34-21-6-14-24(15-7-21)38(25-16-8-22(35-2)9-17-25,26-18-10-23(36-3)11-19-26)37-39(32,33)27-12-4-20(5-13-27)28(29,30)31/h4-19H,1-3H3/p+1. The second kappa shape index (κ2) is 11.2. The van der Waals surface area contributed by atoms with Crippen LogP contribution in [0.25, 0.3) is 0 Å². The van der Waals surface area contributed by atoms with Gasteiger partial charge in [-0.1, -0.05) is 0 Å². The van der Waals surface area contributed by atoms with Crippen LogP contribution in [-0.2, 0) is 16.3 Å². The van der Waals surface area contributed by atoms with Crippen molar-refractivity contribution in [2.24, 2.45) is 0 Å². The summed E-state index contributed by atoms with van der Waals surface area (Å²) in [6.45, 7) is 0. The van der Waals surface area contributed by atoms with Crippen molar-refractivity contribution >= 4 is 20.4 Å². The van der Waals surface area contributed by atoms with Crippen LogP contribution < -0.4 is 14.2 Å².